The number of aryl methyl sites for hydroxylation is 2. The van der Waals surface area contributed by atoms with Gasteiger partial charge in [0.05, 0.1) is 0 Å². The average Bonchev–Trinajstić information content (AvgIpc) is 2.86. The van der Waals surface area contributed by atoms with Gasteiger partial charge in [-0.2, -0.15) is 0 Å². The monoisotopic (exact) mass is 462 g/mol. The van der Waals surface area contributed by atoms with Gasteiger partial charge in [-0.15, -0.1) is 0 Å². The molecule has 2 heteroatoms. The van der Waals surface area contributed by atoms with Gasteiger partial charge in [0.15, 0.2) is 11.6 Å². The van der Waals surface area contributed by atoms with Crippen LogP contribution in [0.15, 0.2) is 60.2 Å². The highest BCUT2D eigenvalue weighted by atomic mass is 19.2. The van der Waals surface area contributed by atoms with E-state index in [-0.39, 0.29) is 5.92 Å². The van der Waals surface area contributed by atoms with Crippen LogP contribution in [0.1, 0.15) is 105 Å². The van der Waals surface area contributed by atoms with Crippen LogP contribution in [0.4, 0.5) is 8.78 Å². The van der Waals surface area contributed by atoms with Gasteiger partial charge in [-0.1, -0.05) is 79.1 Å². The van der Waals surface area contributed by atoms with Crippen LogP contribution in [0.2, 0.25) is 0 Å². The molecule has 1 unspecified atom stereocenters. The SMILES string of the molecule is CCCC1=CCC(/C=C/CCc2ccc(C3CCC(c4ccc(C)cc4)CC3)c(F)c2F)CC1. The van der Waals surface area contributed by atoms with Crippen molar-refractivity contribution in [3.05, 3.63) is 94.1 Å². The first kappa shape index (κ1) is 24.9. The fourth-order valence-corrected chi connectivity index (χ4v) is 5.85. The van der Waals surface area contributed by atoms with Gasteiger partial charge in [0, 0.05) is 0 Å². The van der Waals surface area contributed by atoms with Crippen LogP contribution in [0, 0.1) is 24.5 Å². The zero-order valence-corrected chi connectivity index (χ0v) is 21.0. The van der Waals surface area contributed by atoms with Crippen LogP contribution >= 0.6 is 0 Å². The highest BCUT2D eigenvalue weighted by Crippen LogP contribution is 2.41. The van der Waals surface area contributed by atoms with E-state index in [0.29, 0.717) is 29.4 Å². The second kappa shape index (κ2) is 12.0. The van der Waals surface area contributed by atoms with Crippen LogP contribution in [-0.2, 0) is 6.42 Å². The van der Waals surface area contributed by atoms with Crippen LogP contribution in [-0.4, -0.2) is 0 Å². The number of allylic oxidation sites excluding steroid dienone is 4. The summed E-state index contributed by atoms with van der Waals surface area (Å²) < 4.78 is 29.9. The van der Waals surface area contributed by atoms with Crippen LogP contribution in [0.3, 0.4) is 0 Å². The van der Waals surface area contributed by atoms with Crippen molar-refractivity contribution < 1.29 is 8.78 Å². The molecule has 0 N–H and O–H groups in total. The number of rotatable bonds is 8. The van der Waals surface area contributed by atoms with Crippen molar-refractivity contribution in [2.24, 2.45) is 5.92 Å². The molecule has 0 aromatic heterocycles. The molecular weight excluding hydrogens is 422 g/mol. The van der Waals surface area contributed by atoms with Crippen molar-refractivity contribution in [1.82, 2.24) is 0 Å². The molecule has 34 heavy (non-hydrogen) atoms. The fraction of sp³-hybridized carbons (Fsp3) is 0.500. The van der Waals surface area contributed by atoms with Gasteiger partial charge in [0.25, 0.3) is 0 Å². The molecule has 2 aromatic carbocycles. The molecule has 2 aliphatic rings. The lowest BCUT2D eigenvalue weighted by atomic mass is 9.76. The average molecular weight is 463 g/mol. The normalized spacial score (nSPS) is 23.3. The molecule has 2 aliphatic carbocycles. The summed E-state index contributed by atoms with van der Waals surface area (Å²) in [7, 11) is 0. The van der Waals surface area contributed by atoms with Gasteiger partial charge in [0.2, 0.25) is 0 Å². The van der Waals surface area contributed by atoms with Crippen LogP contribution in [0.25, 0.3) is 0 Å². The molecule has 0 heterocycles. The number of hydrogen-bond acceptors (Lipinski definition) is 0. The van der Waals surface area contributed by atoms with E-state index in [0.717, 1.165) is 38.5 Å². The van der Waals surface area contributed by atoms with Crippen LogP contribution in [0.5, 0.6) is 0 Å². The Morgan fingerprint density at radius 1 is 0.853 bits per heavy atom. The molecule has 1 fully saturated rings. The Morgan fingerprint density at radius 2 is 1.59 bits per heavy atom. The molecule has 2 aromatic rings. The first-order valence-corrected chi connectivity index (χ1v) is 13.4. The Balaban J connectivity index is 1.29. The second-order valence-corrected chi connectivity index (χ2v) is 10.5. The Labute approximate surface area is 205 Å². The quantitative estimate of drug-likeness (QED) is 0.342. The van der Waals surface area contributed by atoms with E-state index >= 15 is 4.39 Å². The molecule has 4 rings (SSSR count). The van der Waals surface area contributed by atoms with Gasteiger partial charge in [-0.25, -0.2) is 8.78 Å². The van der Waals surface area contributed by atoms with Crippen molar-refractivity contribution in [3.8, 4) is 0 Å². The zero-order valence-electron chi connectivity index (χ0n) is 21.0. The molecule has 1 saturated carbocycles. The van der Waals surface area contributed by atoms with E-state index in [1.165, 1.54) is 36.8 Å². The van der Waals surface area contributed by atoms with E-state index in [9.17, 15) is 4.39 Å². The zero-order chi connectivity index (χ0) is 23.9. The van der Waals surface area contributed by atoms with Crippen molar-refractivity contribution in [1.29, 1.82) is 0 Å². The molecule has 0 radical (unpaired) electrons. The molecule has 0 nitrogen and oxygen atoms in total. The topological polar surface area (TPSA) is 0 Å². The Hall–Kier alpha value is -2.22. The molecule has 0 bridgehead atoms. The first-order chi connectivity index (χ1) is 16.5. The van der Waals surface area contributed by atoms with Crippen molar-refractivity contribution in [2.45, 2.75) is 96.3 Å². The number of hydrogen-bond donors (Lipinski definition) is 0. The standard InChI is InChI=1S/C32H40F2/c1-3-6-24-11-13-25(14-12-24)7-4-5-8-29-21-22-30(32(34)31(29)33)28-19-17-27(18-20-28)26-15-9-23(2)10-16-26/h4,7,9-11,15-16,21-22,25,27-28H,3,5-6,8,12-14,17-20H2,1-2H3/b7-4+. The summed E-state index contributed by atoms with van der Waals surface area (Å²) in [5.74, 6) is 0.0212. The van der Waals surface area contributed by atoms with E-state index in [1.807, 2.05) is 12.1 Å². The molecular formula is C32H40F2. The lowest BCUT2D eigenvalue weighted by Crippen LogP contribution is -2.14. The van der Waals surface area contributed by atoms with Crippen LogP contribution < -0.4 is 0 Å². The lowest BCUT2D eigenvalue weighted by molar-refractivity contribution is 0.380. The smallest absolute Gasteiger partial charge is 0.162 e. The third-order valence-electron chi connectivity index (χ3n) is 8.01. The number of benzene rings is 2. The molecule has 1 atom stereocenters. The maximum absolute atomic E-state index is 15.0. The van der Waals surface area contributed by atoms with Crippen molar-refractivity contribution in [3.63, 3.8) is 0 Å². The van der Waals surface area contributed by atoms with Gasteiger partial charge < -0.3 is 0 Å². The Bertz CT molecular complexity index is 990. The number of halogens is 2. The third-order valence-corrected chi connectivity index (χ3v) is 8.01. The summed E-state index contributed by atoms with van der Waals surface area (Å²) in [6, 6.07) is 12.5. The van der Waals surface area contributed by atoms with Gasteiger partial charge in [-0.3, -0.25) is 0 Å². The fourth-order valence-electron chi connectivity index (χ4n) is 5.85. The second-order valence-electron chi connectivity index (χ2n) is 10.5. The maximum Gasteiger partial charge on any atom is 0.162 e. The summed E-state index contributed by atoms with van der Waals surface area (Å²) in [5, 5.41) is 0. The minimum Gasteiger partial charge on any atom is -0.203 e. The maximum atomic E-state index is 15.0. The van der Waals surface area contributed by atoms with Crippen molar-refractivity contribution >= 4 is 0 Å². The largest absolute Gasteiger partial charge is 0.203 e. The third kappa shape index (κ3) is 6.26. The van der Waals surface area contributed by atoms with E-state index < -0.39 is 11.6 Å². The van der Waals surface area contributed by atoms with Gasteiger partial charge in [0.1, 0.15) is 0 Å². The molecule has 0 spiro atoms. The highest BCUT2D eigenvalue weighted by Gasteiger charge is 2.27. The minimum absolute atomic E-state index is 0.127. The van der Waals surface area contributed by atoms with E-state index in [1.54, 1.807) is 5.57 Å². The predicted molar refractivity (Wildman–Crippen MR) is 139 cm³/mol. The van der Waals surface area contributed by atoms with E-state index in [4.69, 9.17) is 0 Å². The highest BCUT2D eigenvalue weighted by molar-refractivity contribution is 5.31. The molecule has 0 amide bonds. The van der Waals surface area contributed by atoms with E-state index in [2.05, 4.69) is 56.3 Å². The Kier molecular flexibility index (Phi) is 8.75. The predicted octanol–water partition coefficient (Wildman–Crippen LogP) is 9.73. The van der Waals surface area contributed by atoms with Crippen molar-refractivity contribution in [2.75, 3.05) is 0 Å². The minimum atomic E-state index is -0.628. The summed E-state index contributed by atoms with van der Waals surface area (Å²) in [6.45, 7) is 4.34. The Morgan fingerprint density at radius 3 is 2.26 bits per heavy atom. The molecule has 182 valence electrons. The summed E-state index contributed by atoms with van der Waals surface area (Å²) in [4.78, 5) is 0. The lowest BCUT2D eigenvalue weighted by Gasteiger charge is -2.29. The summed E-state index contributed by atoms with van der Waals surface area (Å²) in [6.07, 6.45) is 18.1. The first-order valence-electron chi connectivity index (χ1n) is 13.4. The van der Waals surface area contributed by atoms with Gasteiger partial charge in [-0.05, 0) is 106 Å². The molecule has 0 saturated heterocycles. The molecule has 0 aliphatic heterocycles. The summed E-state index contributed by atoms with van der Waals surface area (Å²) >= 11 is 0. The summed E-state index contributed by atoms with van der Waals surface area (Å²) in [5.41, 5.74) is 5.35. The van der Waals surface area contributed by atoms with Gasteiger partial charge >= 0.3 is 0 Å².